The van der Waals surface area contributed by atoms with Crippen molar-refractivity contribution in [1.82, 2.24) is 0 Å². The maximum absolute atomic E-state index is 13.0. The van der Waals surface area contributed by atoms with Crippen LogP contribution in [0.1, 0.15) is 55.7 Å². The second-order valence-electron chi connectivity index (χ2n) is 8.36. The summed E-state index contributed by atoms with van der Waals surface area (Å²) >= 11 is 0. The van der Waals surface area contributed by atoms with Crippen LogP contribution >= 0.6 is 0 Å². The molecule has 1 heteroatoms. The molecular weight excluding hydrogens is 292 g/mol. The van der Waals surface area contributed by atoms with Gasteiger partial charge in [0.25, 0.3) is 0 Å². The first kappa shape index (κ1) is 14.5. The van der Waals surface area contributed by atoms with E-state index in [0.717, 1.165) is 19.3 Å². The van der Waals surface area contributed by atoms with E-state index < -0.39 is 0 Å². The number of rotatable bonds is 1. The third kappa shape index (κ3) is 1.79. The van der Waals surface area contributed by atoms with Gasteiger partial charge in [0.1, 0.15) is 5.78 Å². The van der Waals surface area contributed by atoms with Crippen molar-refractivity contribution in [2.75, 3.05) is 0 Å². The molecule has 3 unspecified atom stereocenters. The molecule has 1 nitrogen and oxygen atoms in total. The number of aryl methyl sites for hydroxylation is 1. The number of carbonyl (C=O) groups is 1. The minimum atomic E-state index is -0.210. The lowest BCUT2D eigenvalue weighted by molar-refractivity contribution is -0.126. The summed E-state index contributed by atoms with van der Waals surface area (Å²) in [6.45, 7) is 4.49. The zero-order valence-corrected chi connectivity index (χ0v) is 14.5. The van der Waals surface area contributed by atoms with Crippen molar-refractivity contribution < 1.29 is 4.79 Å². The highest BCUT2D eigenvalue weighted by atomic mass is 16.1. The molecule has 0 amide bonds. The SMILES string of the molecule is CC(C)c1ccc2cc3c(cc2c1)CCC(=O)C31CC2C=CC1C2. The van der Waals surface area contributed by atoms with E-state index in [1.165, 1.54) is 33.9 Å². The van der Waals surface area contributed by atoms with Gasteiger partial charge in [-0.05, 0) is 70.5 Å². The lowest BCUT2D eigenvalue weighted by Crippen LogP contribution is -2.43. The number of ketones is 1. The van der Waals surface area contributed by atoms with E-state index in [2.05, 4.69) is 56.3 Å². The van der Waals surface area contributed by atoms with Gasteiger partial charge >= 0.3 is 0 Å². The minimum absolute atomic E-state index is 0.210. The topological polar surface area (TPSA) is 17.1 Å². The average molecular weight is 316 g/mol. The maximum atomic E-state index is 13.0. The van der Waals surface area contributed by atoms with E-state index >= 15 is 0 Å². The van der Waals surface area contributed by atoms with Gasteiger partial charge in [0.2, 0.25) is 0 Å². The van der Waals surface area contributed by atoms with Gasteiger partial charge in [0.05, 0.1) is 5.41 Å². The largest absolute Gasteiger partial charge is 0.299 e. The van der Waals surface area contributed by atoms with Crippen molar-refractivity contribution in [3.8, 4) is 0 Å². The molecule has 0 aromatic heterocycles. The van der Waals surface area contributed by atoms with E-state index in [4.69, 9.17) is 0 Å². The van der Waals surface area contributed by atoms with Crippen molar-refractivity contribution in [2.45, 2.75) is 50.9 Å². The summed E-state index contributed by atoms with van der Waals surface area (Å²) in [7, 11) is 0. The fraction of sp³-hybridized carbons (Fsp3) is 0.435. The van der Waals surface area contributed by atoms with E-state index in [0.29, 0.717) is 23.5 Å². The summed E-state index contributed by atoms with van der Waals surface area (Å²) < 4.78 is 0. The molecule has 2 aromatic rings. The Balaban J connectivity index is 1.73. The van der Waals surface area contributed by atoms with Crippen LogP contribution in [0.2, 0.25) is 0 Å². The fourth-order valence-electron chi connectivity index (χ4n) is 5.45. The maximum Gasteiger partial charge on any atom is 0.144 e. The number of benzene rings is 2. The Labute approximate surface area is 143 Å². The van der Waals surface area contributed by atoms with Crippen LogP contribution in [0.25, 0.3) is 10.8 Å². The van der Waals surface area contributed by atoms with Gasteiger partial charge < -0.3 is 0 Å². The summed E-state index contributed by atoms with van der Waals surface area (Å²) in [5.74, 6) is 2.09. The summed E-state index contributed by atoms with van der Waals surface area (Å²) in [4.78, 5) is 13.0. The highest BCUT2D eigenvalue weighted by molar-refractivity contribution is 5.96. The van der Waals surface area contributed by atoms with E-state index in [-0.39, 0.29) is 5.41 Å². The Morgan fingerprint density at radius 3 is 2.62 bits per heavy atom. The third-order valence-corrected chi connectivity index (χ3v) is 6.74. The van der Waals surface area contributed by atoms with E-state index in [9.17, 15) is 4.79 Å². The van der Waals surface area contributed by atoms with Gasteiger partial charge in [0.15, 0.2) is 0 Å². The standard InChI is InChI=1S/C23H24O/c1-14(2)16-4-5-17-12-21-18(11-19(17)10-16)6-8-22(24)23(21)13-15-3-7-20(23)9-15/h3-5,7,10-12,14-15,20H,6,8-9,13H2,1-2H3. The summed E-state index contributed by atoms with van der Waals surface area (Å²) in [5, 5.41) is 2.63. The number of carbonyl (C=O) groups excluding carboxylic acids is 1. The number of allylic oxidation sites excluding steroid dienone is 2. The first-order chi connectivity index (χ1) is 11.6. The van der Waals surface area contributed by atoms with Crippen LogP contribution in [-0.4, -0.2) is 5.78 Å². The van der Waals surface area contributed by atoms with Gasteiger partial charge in [-0.2, -0.15) is 0 Å². The van der Waals surface area contributed by atoms with Crippen LogP contribution < -0.4 is 0 Å². The zero-order valence-electron chi connectivity index (χ0n) is 14.5. The van der Waals surface area contributed by atoms with Gasteiger partial charge in [0, 0.05) is 6.42 Å². The van der Waals surface area contributed by atoms with E-state index in [1.54, 1.807) is 0 Å². The van der Waals surface area contributed by atoms with Crippen LogP contribution in [0.5, 0.6) is 0 Å². The predicted octanol–water partition coefficient (Wildman–Crippen LogP) is 5.31. The smallest absolute Gasteiger partial charge is 0.144 e. The van der Waals surface area contributed by atoms with Gasteiger partial charge in [-0.1, -0.05) is 50.3 Å². The second kappa shape index (κ2) is 4.81. The Morgan fingerprint density at radius 1 is 1.04 bits per heavy atom. The zero-order chi connectivity index (χ0) is 16.5. The molecule has 3 aliphatic rings. The molecule has 3 aliphatic carbocycles. The van der Waals surface area contributed by atoms with Crippen LogP contribution in [0.3, 0.4) is 0 Å². The molecule has 1 saturated carbocycles. The molecule has 2 aromatic carbocycles. The molecule has 24 heavy (non-hydrogen) atoms. The second-order valence-corrected chi connectivity index (χ2v) is 8.36. The number of hydrogen-bond donors (Lipinski definition) is 0. The normalized spacial score (nSPS) is 30.7. The summed E-state index contributed by atoms with van der Waals surface area (Å²) in [5.41, 5.74) is 3.95. The molecule has 3 atom stereocenters. The Hall–Kier alpha value is -1.89. The lowest BCUT2D eigenvalue weighted by atomic mass is 9.62. The van der Waals surface area contributed by atoms with Crippen molar-refractivity contribution in [3.05, 3.63) is 59.2 Å². The number of fused-ring (bicyclic) bond motifs is 6. The molecular formula is C23H24O. The predicted molar refractivity (Wildman–Crippen MR) is 98.4 cm³/mol. The molecule has 1 spiro atoms. The molecule has 0 aliphatic heterocycles. The quantitative estimate of drug-likeness (QED) is 0.651. The average Bonchev–Trinajstić information content (AvgIpc) is 3.18. The number of hydrogen-bond acceptors (Lipinski definition) is 1. The van der Waals surface area contributed by atoms with Crippen molar-refractivity contribution in [1.29, 1.82) is 0 Å². The highest BCUT2D eigenvalue weighted by Gasteiger charge is 2.55. The van der Waals surface area contributed by atoms with Crippen molar-refractivity contribution >= 4 is 16.6 Å². The molecule has 0 saturated heterocycles. The van der Waals surface area contributed by atoms with Crippen LogP contribution in [0.4, 0.5) is 0 Å². The Bertz CT molecular complexity index is 888. The van der Waals surface area contributed by atoms with Gasteiger partial charge in [-0.25, -0.2) is 0 Å². The molecule has 122 valence electrons. The van der Waals surface area contributed by atoms with Gasteiger partial charge in [-0.15, -0.1) is 0 Å². The monoisotopic (exact) mass is 316 g/mol. The third-order valence-electron chi connectivity index (χ3n) is 6.74. The molecule has 0 N–H and O–H groups in total. The van der Waals surface area contributed by atoms with Crippen LogP contribution in [0, 0.1) is 11.8 Å². The Morgan fingerprint density at radius 2 is 1.92 bits per heavy atom. The molecule has 5 rings (SSSR count). The minimum Gasteiger partial charge on any atom is -0.299 e. The summed E-state index contributed by atoms with van der Waals surface area (Å²) in [6.07, 6.45) is 8.52. The first-order valence-electron chi connectivity index (χ1n) is 9.36. The number of Topliss-reactive ketones (excluding diaryl/α,β-unsaturated/α-hetero) is 1. The molecule has 0 heterocycles. The molecule has 2 bridgehead atoms. The van der Waals surface area contributed by atoms with E-state index in [1.807, 2.05) is 0 Å². The first-order valence-corrected chi connectivity index (χ1v) is 9.36. The van der Waals surface area contributed by atoms with Crippen LogP contribution in [-0.2, 0) is 16.6 Å². The highest BCUT2D eigenvalue weighted by Crippen LogP contribution is 2.57. The summed E-state index contributed by atoms with van der Waals surface area (Å²) in [6, 6.07) is 11.6. The van der Waals surface area contributed by atoms with Crippen LogP contribution in [0.15, 0.2) is 42.5 Å². The lowest BCUT2D eigenvalue weighted by Gasteiger charge is -2.39. The fourth-order valence-corrected chi connectivity index (χ4v) is 5.45. The van der Waals surface area contributed by atoms with Crippen molar-refractivity contribution in [2.24, 2.45) is 11.8 Å². The molecule has 1 fully saturated rings. The Kier molecular flexibility index (Phi) is 2.90. The van der Waals surface area contributed by atoms with Gasteiger partial charge in [-0.3, -0.25) is 4.79 Å². The molecule has 0 radical (unpaired) electrons. The van der Waals surface area contributed by atoms with Crippen molar-refractivity contribution in [3.63, 3.8) is 0 Å².